The lowest BCUT2D eigenvalue weighted by molar-refractivity contribution is 0.401. The molecule has 0 bridgehead atoms. The summed E-state index contributed by atoms with van der Waals surface area (Å²) in [6, 6.07) is 5.19. The predicted molar refractivity (Wildman–Crippen MR) is 83.8 cm³/mol. The summed E-state index contributed by atoms with van der Waals surface area (Å²) in [7, 11) is -3.60. The van der Waals surface area contributed by atoms with Crippen molar-refractivity contribution in [3.05, 3.63) is 39.8 Å². The molecule has 0 radical (unpaired) electrons. The minimum atomic E-state index is -3.60. The van der Waals surface area contributed by atoms with Gasteiger partial charge in [-0.3, -0.25) is 0 Å². The first-order valence-electron chi connectivity index (χ1n) is 6.91. The van der Waals surface area contributed by atoms with Crippen molar-refractivity contribution in [2.24, 2.45) is 0 Å². The topological polar surface area (TPSA) is 71.3 Å². The molecule has 0 fully saturated rings. The molecule has 2 heterocycles. The van der Waals surface area contributed by atoms with E-state index >= 15 is 0 Å². The summed E-state index contributed by atoms with van der Waals surface area (Å²) in [5.74, 6) is 0.614. The van der Waals surface area contributed by atoms with Crippen LogP contribution in [0.3, 0.4) is 0 Å². The van der Waals surface area contributed by atoms with Gasteiger partial charge in [0.15, 0.2) is 0 Å². The van der Waals surface area contributed by atoms with Gasteiger partial charge in [0.1, 0.15) is 5.76 Å². The third-order valence-electron chi connectivity index (χ3n) is 3.09. The van der Waals surface area contributed by atoms with E-state index < -0.39 is 10.0 Å². The molecule has 0 unspecified atom stereocenters. The average Bonchev–Trinajstić information content (AvgIpc) is 3.12. The van der Waals surface area contributed by atoms with Crippen LogP contribution in [0.2, 0.25) is 0 Å². The Kier molecular flexibility index (Phi) is 5.58. The van der Waals surface area contributed by atoms with E-state index in [0.717, 1.165) is 17.8 Å². The number of thiophene rings is 1. The Balaban J connectivity index is 2.03. The van der Waals surface area contributed by atoms with Crippen LogP contribution in [-0.2, 0) is 29.5 Å². The Morgan fingerprint density at radius 2 is 2.00 bits per heavy atom. The largest absolute Gasteiger partial charge is 0.447 e. The van der Waals surface area contributed by atoms with Gasteiger partial charge in [-0.05, 0) is 42.1 Å². The van der Waals surface area contributed by atoms with Gasteiger partial charge in [0, 0.05) is 11.4 Å². The maximum absolute atomic E-state index is 12.2. The highest BCUT2D eigenvalue weighted by atomic mass is 32.2. The molecular weight excluding hydrogens is 308 g/mol. The fourth-order valence-corrected chi connectivity index (χ4v) is 3.86. The molecule has 2 N–H and O–H groups in total. The Morgan fingerprint density at radius 1 is 1.19 bits per heavy atom. The number of nitrogens with one attached hydrogen (secondary N) is 2. The van der Waals surface area contributed by atoms with Crippen molar-refractivity contribution in [3.8, 4) is 0 Å². The summed E-state index contributed by atoms with van der Waals surface area (Å²) in [4.78, 5) is 1.04. The van der Waals surface area contributed by atoms with Crippen LogP contribution >= 0.6 is 11.3 Å². The molecule has 2 aromatic heterocycles. The van der Waals surface area contributed by atoms with Crippen molar-refractivity contribution in [1.82, 2.24) is 10.0 Å². The molecule has 0 aromatic carbocycles. The molecular formula is C14H20N2O3S2. The van der Waals surface area contributed by atoms with Gasteiger partial charge in [-0.25, -0.2) is 13.1 Å². The zero-order valence-corrected chi connectivity index (χ0v) is 13.8. The van der Waals surface area contributed by atoms with Gasteiger partial charge in [0.05, 0.1) is 6.54 Å². The van der Waals surface area contributed by atoms with Crippen LogP contribution in [0, 0.1) is 0 Å². The smallest absolute Gasteiger partial charge is 0.274 e. The maximum atomic E-state index is 12.2. The normalized spacial score (nSPS) is 11.9. The molecule has 0 aliphatic rings. The highest BCUT2D eigenvalue weighted by Crippen LogP contribution is 2.19. The second-order valence-electron chi connectivity index (χ2n) is 4.55. The number of furan rings is 1. The molecule has 0 aliphatic heterocycles. The predicted octanol–water partition coefficient (Wildman–Crippen LogP) is 2.49. The standard InChI is InChI=1S/C14H20N2O3S2/c1-3-11-7-8-20-13(11)10-16-21(17,18)14-6-5-12(19-14)9-15-4-2/h5-8,15-16H,3-4,9-10H2,1-2H3. The number of rotatable bonds is 8. The van der Waals surface area contributed by atoms with Gasteiger partial charge >= 0.3 is 0 Å². The lowest BCUT2D eigenvalue weighted by Gasteiger charge is -2.04. The van der Waals surface area contributed by atoms with E-state index in [4.69, 9.17) is 4.42 Å². The van der Waals surface area contributed by atoms with E-state index in [-0.39, 0.29) is 5.09 Å². The van der Waals surface area contributed by atoms with Crippen LogP contribution in [0.5, 0.6) is 0 Å². The summed E-state index contributed by atoms with van der Waals surface area (Å²) in [6.45, 7) is 5.66. The van der Waals surface area contributed by atoms with Crippen LogP contribution < -0.4 is 10.0 Å². The van der Waals surface area contributed by atoms with Crippen molar-refractivity contribution in [2.45, 2.75) is 38.5 Å². The molecule has 21 heavy (non-hydrogen) atoms. The van der Waals surface area contributed by atoms with Gasteiger partial charge in [-0.15, -0.1) is 11.3 Å². The van der Waals surface area contributed by atoms with E-state index in [1.165, 1.54) is 11.6 Å². The molecule has 0 aliphatic carbocycles. The Bertz CT molecular complexity index is 674. The fourth-order valence-electron chi connectivity index (χ4n) is 1.91. The van der Waals surface area contributed by atoms with E-state index in [1.807, 2.05) is 18.4 Å². The van der Waals surface area contributed by atoms with Gasteiger partial charge in [0.25, 0.3) is 10.0 Å². The van der Waals surface area contributed by atoms with E-state index in [9.17, 15) is 8.42 Å². The van der Waals surface area contributed by atoms with Gasteiger partial charge in [-0.2, -0.15) is 0 Å². The number of hydrogen-bond acceptors (Lipinski definition) is 5. The second kappa shape index (κ2) is 7.22. The average molecular weight is 328 g/mol. The number of sulfonamides is 1. The quantitative estimate of drug-likeness (QED) is 0.781. The van der Waals surface area contributed by atoms with Gasteiger partial charge in [-0.1, -0.05) is 13.8 Å². The summed E-state index contributed by atoms with van der Waals surface area (Å²) in [6.07, 6.45) is 0.897. The van der Waals surface area contributed by atoms with Crippen LogP contribution in [-0.4, -0.2) is 15.0 Å². The Morgan fingerprint density at radius 3 is 2.71 bits per heavy atom. The molecule has 2 aromatic rings. The van der Waals surface area contributed by atoms with Crippen LogP contribution in [0.15, 0.2) is 33.1 Å². The monoisotopic (exact) mass is 328 g/mol. The van der Waals surface area contributed by atoms with Gasteiger partial charge in [0.2, 0.25) is 5.09 Å². The highest BCUT2D eigenvalue weighted by molar-refractivity contribution is 7.89. The lowest BCUT2D eigenvalue weighted by atomic mass is 10.2. The van der Waals surface area contributed by atoms with E-state index in [0.29, 0.717) is 18.8 Å². The van der Waals surface area contributed by atoms with Gasteiger partial charge < -0.3 is 9.73 Å². The first-order chi connectivity index (χ1) is 10.1. The molecule has 0 spiro atoms. The first kappa shape index (κ1) is 16.2. The zero-order chi connectivity index (χ0) is 15.3. The van der Waals surface area contributed by atoms with E-state index in [1.54, 1.807) is 17.4 Å². The third kappa shape index (κ3) is 4.16. The number of hydrogen-bond donors (Lipinski definition) is 2. The van der Waals surface area contributed by atoms with Crippen LogP contribution in [0.25, 0.3) is 0 Å². The summed E-state index contributed by atoms with van der Waals surface area (Å²) in [5.41, 5.74) is 1.18. The van der Waals surface area contributed by atoms with Crippen molar-refractivity contribution in [1.29, 1.82) is 0 Å². The SMILES string of the molecule is CCNCc1ccc(S(=O)(=O)NCc2sccc2CC)o1. The molecule has 116 valence electrons. The fraction of sp³-hybridized carbons (Fsp3) is 0.429. The van der Waals surface area contributed by atoms with Crippen molar-refractivity contribution >= 4 is 21.4 Å². The summed E-state index contributed by atoms with van der Waals surface area (Å²) in [5, 5.41) is 5.03. The van der Waals surface area contributed by atoms with Crippen molar-refractivity contribution in [3.63, 3.8) is 0 Å². The maximum Gasteiger partial charge on any atom is 0.274 e. The zero-order valence-electron chi connectivity index (χ0n) is 12.2. The minimum Gasteiger partial charge on any atom is -0.447 e. The highest BCUT2D eigenvalue weighted by Gasteiger charge is 2.19. The van der Waals surface area contributed by atoms with E-state index in [2.05, 4.69) is 17.0 Å². The van der Waals surface area contributed by atoms with Crippen LogP contribution in [0.4, 0.5) is 0 Å². The molecule has 7 heteroatoms. The van der Waals surface area contributed by atoms with Crippen molar-refractivity contribution < 1.29 is 12.8 Å². The molecule has 0 saturated heterocycles. The summed E-state index contributed by atoms with van der Waals surface area (Å²) >= 11 is 1.56. The minimum absolute atomic E-state index is 0.0370. The molecule has 0 amide bonds. The Labute approximate surface area is 129 Å². The number of aryl methyl sites for hydroxylation is 1. The summed E-state index contributed by atoms with van der Waals surface area (Å²) < 4.78 is 32.3. The van der Waals surface area contributed by atoms with Crippen molar-refractivity contribution in [2.75, 3.05) is 6.54 Å². The lowest BCUT2D eigenvalue weighted by Crippen LogP contribution is -2.22. The Hall–Kier alpha value is -1.15. The molecule has 2 rings (SSSR count). The second-order valence-corrected chi connectivity index (χ2v) is 7.25. The molecule has 0 atom stereocenters. The molecule has 0 saturated carbocycles. The van der Waals surface area contributed by atoms with Crippen LogP contribution in [0.1, 0.15) is 30.0 Å². The third-order valence-corrected chi connectivity index (χ3v) is 5.33. The first-order valence-corrected chi connectivity index (χ1v) is 9.27. The molecule has 5 nitrogen and oxygen atoms in total.